The standard InChI is InChI=1S/C24H24N2O6S/c1-16(17-10-11-22-23(15-17)32-13-12-31-22)25-24(27)18-6-5-7-19(14-18)33(28,29)26-20-8-3-4-9-21(20)30-2/h3-11,14-16,26H,12-13H2,1-2H3,(H,25,27)/t16-/m0/s1. The van der Waals surface area contributed by atoms with Crippen molar-refractivity contribution in [1.82, 2.24) is 5.32 Å². The molecule has 0 aromatic heterocycles. The highest BCUT2D eigenvalue weighted by Gasteiger charge is 2.20. The van der Waals surface area contributed by atoms with Crippen LogP contribution in [0.3, 0.4) is 0 Å². The molecule has 0 bridgehead atoms. The number of benzene rings is 3. The number of rotatable bonds is 7. The van der Waals surface area contributed by atoms with Crippen molar-refractivity contribution in [2.45, 2.75) is 17.9 Å². The molecule has 2 N–H and O–H groups in total. The molecule has 1 aliphatic rings. The van der Waals surface area contributed by atoms with Crippen LogP contribution in [0.2, 0.25) is 0 Å². The zero-order valence-corrected chi connectivity index (χ0v) is 19.0. The molecule has 8 nitrogen and oxygen atoms in total. The molecule has 9 heteroatoms. The molecule has 0 spiro atoms. The fraction of sp³-hybridized carbons (Fsp3) is 0.208. The fourth-order valence-corrected chi connectivity index (χ4v) is 4.55. The first-order valence-electron chi connectivity index (χ1n) is 10.3. The van der Waals surface area contributed by atoms with Crippen LogP contribution in [0.4, 0.5) is 5.69 Å². The third-order valence-corrected chi connectivity index (χ3v) is 6.53. The summed E-state index contributed by atoms with van der Waals surface area (Å²) in [5.74, 6) is 1.30. The van der Waals surface area contributed by atoms with Crippen molar-refractivity contribution in [3.8, 4) is 17.2 Å². The van der Waals surface area contributed by atoms with Crippen LogP contribution >= 0.6 is 0 Å². The predicted octanol–water partition coefficient (Wildman–Crippen LogP) is 3.76. The van der Waals surface area contributed by atoms with Crippen molar-refractivity contribution < 1.29 is 27.4 Å². The van der Waals surface area contributed by atoms with E-state index in [9.17, 15) is 13.2 Å². The highest BCUT2D eigenvalue weighted by molar-refractivity contribution is 7.92. The Bertz CT molecular complexity index is 1280. The van der Waals surface area contributed by atoms with E-state index in [1.54, 1.807) is 30.3 Å². The molecule has 3 aromatic rings. The summed E-state index contributed by atoms with van der Waals surface area (Å²) in [6, 6.07) is 17.7. The van der Waals surface area contributed by atoms with Crippen LogP contribution in [0.1, 0.15) is 28.9 Å². The molecule has 172 valence electrons. The Balaban J connectivity index is 1.50. The van der Waals surface area contributed by atoms with Crippen LogP contribution in [0.15, 0.2) is 71.6 Å². The van der Waals surface area contributed by atoms with Gasteiger partial charge in [0.05, 0.1) is 23.7 Å². The maximum Gasteiger partial charge on any atom is 0.262 e. The second kappa shape index (κ2) is 9.41. The molecule has 1 atom stereocenters. The summed E-state index contributed by atoms with van der Waals surface area (Å²) in [5.41, 5.74) is 1.37. The van der Waals surface area contributed by atoms with Crippen molar-refractivity contribution in [3.63, 3.8) is 0 Å². The number of carbonyl (C=O) groups excluding carboxylic acids is 1. The predicted molar refractivity (Wildman–Crippen MR) is 124 cm³/mol. The molecule has 0 radical (unpaired) electrons. The van der Waals surface area contributed by atoms with E-state index in [0.717, 1.165) is 5.56 Å². The Morgan fingerprint density at radius 2 is 1.73 bits per heavy atom. The van der Waals surface area contributed by atoms with Crippen LogP contribution in [0.5, 0.6) is 17.2 Å². The largest absolute Gasteiger partial charge is 0.495 e. The number of sulfonamides is 1. The number of fused-ring (bicyclic) bond motifs is 1. The fourth-order valence-electron chi connectivity index (χ4n) is 3.43. The van der Waals surface area contributed by atoms with Gasteiger partial charge < -0.3 is 19.5 Å². The molecule has 3 aromatic carbocycles. The zero-order chi connectivity index (χ0) is 23.4. The van der Waals surface area contributed by atoms with Gasteiger partial charge in [-0.3, -0.25) is 9.52 Å². The number of ether oxygens (including phenoxy) is 3. The van der Waals surface area contributed by atoms with Crippen molar-refractivity contribution in [2.24, 2.45) is 0 Å². The molecule has 0 fully saturated rings. The van der Waals surface area contributed by atoms with Gasteiger partial charge in [0.25, 0.3) is 15.9 Å². The van der Waals surface area contributed by atoms with E-state index in [1.807, 2.05) is 25.1 Å². The number of amides is 1. The van der Waals surface area contributed by atoms with Gasteiger partial charge in [-0.2, -0.15) is 0 Å². The van der Waals surface area contributed by atoms with Crippen molar-refractivity contribution in [3.05, 3.63) is 77.9 Å². The number of carbonyl (C=O) groups is 1. The highest BCUT2D eigenvalue weighted by atomic mass is 32.2. The molecule has 4 rings (SSSR count). The minimum Gasteiger partial charge on any atom is -0.495 e. The molecule has 0 aliphatic carbocycles. The maximum absolute atomic E-state index is 12.9. The van der Waals surface area contributed by atoms with Gasteiger partial charge in [-0.15, -0.1) is 0 Å². The molecule has 1 heterocycles. The SMILES string of the molecule is COc1ccccc1NS(=O)(=O)c1cccc(C(=O)N[C@@H](C)c2ccc3c(c2)OCCO3)c1. The number of nitrogens with one attached hydrogen (secondary N) is 2. The highest BCUT2D eigenvalue weighted by Crippen LogP contribution is 2.32. The Morgan fingerprint density at radius 3 is 2.52 bits per heavy atom. The van der Waals surface area contributed by atoms with E-state index in [0.29, 0.717) is 36.1 Å². The Hall–Kier alpha value is -3.72. The van der Waals surface area contributed by atoms with Gasteiger partial charge in [0.1, 0.15) is 19.0 Å². The van der Waals surface area contributed by atoms with Gasteiger partial charge in [0.15, 0.2) is 11.5 Å². The summed E-state index contributed by atoms with van der Waals surface area (Å²) in [5, 5.41) is 2.90. The lowest BCUT2D eigenvalue weighted by molar-refractivity contribution is 0.0939. The van der Waals surface area contributed by atoms with Crippen LogP contribution in [0.25, 0.3) is 0 Å². The summed E-state index contributed by atoms with van der Waals surface area (Å²) in [4.78, 5) is 12.8. The smallest absolute Gasteiger partial charge is 0.262 e. The molecule has 1 aliphatic heterocycles. The van der Waals surface area contributed by atoms with Gasteiger partial charge in [0.2, 0.25) is 0 Å². The van der Waals surface area contributed by atoms with E-state index < -0.39 is 15.9 Å². The van der Waals surface area contributed by atoms with E-state index in [2.05, 4.69) is 10.0 Å². The number of anilines is 1. The lowest BCUT2D eigenvalue weighted by atomic mass is 10.1. The van der Waals surface area contributed by atoms with Crippen LogP contribution in [-0.4, -0.2) is 34.6 Å². The summed E-state index contributed by atoms with van der Waals surface area (Å²) >= 11 is 0. The maximum atomic E-state index is 12.9. The number of methoxy groups -OCH3 is 1. The summed E-state index contributed by atoms with van der Waals surface area (Å²) < 4.78 is 44.6. The zero-order valence-electron chi connectivity index (χ0n) is 18.2. The monoisotopic (exact) mass is 468 g/mol. The Morgan fingerprint density at radius 1 is 0.970 bits per heavy atom. The van der Waals surface area contributed by atoms with Gasteiger partial charge in [-0.1, -0.05) is 24.3 Å². The molecule has 1 amide bonds. The van der Waals surface area contributed by atoms with Crippen LogP contribution < -0.4 is 24.2 Å². The second-order valence-corrected chi connectivity index (χ2v) is 9.11. The minimum atomic E-state index is -3.93. The average molecular weight is 469 g/mol. The molecular weight excluding hydrogens is 444 g/mol. The van der Waals surface area contributed by atoms with E-state index in [1.165, 1.54) is 25.3 Å². The van der Waals surface area contributed by atoms with Gasteiger partial charge >= 0.3 is 0 Å². The van der Waals surface area contributed by atoms with Crippen molar-refractivity contribution >= 4 is 21.6 Å². The van der Waals surface area contributed by atoms with Crippen molar-refractivity contribution in [2.75, 3.05) is 25.0 Å². The third kappa shape index (κ3) is 5.04. The Labute approximate surface area is 192 Å². The lowest BCUT2D eigenvalue weighted by Crippen LogP contribution is -2.27. The molecule has 0 saturated heterocycles. The number of para-hydroxylation sites is 2. The minimum absolute atomic E-state index is 0.0342. The number of hydrogen-bond acceptors (Lipinski definition) is 6. The van der Waals surface area contributed by atoms with Crippen LogP contribution in [-0.2, 0) is 10.0 Å². The van der Waals surface area contributed by atoms with Crippen molar-refractivity contribution in [1.29, 1.82) is 0 Å². The van der Waals surface area contributed by atoms with Gasteiger partial charge in [-0.25, -0.2) is 8.42 Å². The number of hydrogen-bond donors (Lipinski definition) is 2. The molecule has 33 heavy (non-hydrogen) atoms. The Kier molecular flexibility index (Phi) is 6.41. The van der Waals surface area contributed by atoms with Gasteiger partial charge in [0, 0.05) is 5.56 Å². The summed E-state index contributed by atoms with van der Waals surface area (Å²) in [6.45, 7) is 2.82. The topological polar surface area (TPSA) is 103 Å². The lowest BCUT2D eigenvalue weighted by Gasteiger charge is -2.21. The summed E-state index contributed by atoms with van der Waals surface area (Å²) in [7, 11) is -2.47. The quantitative estimate of drug-likeness (QED) is 0.547. The molecular formula is C24H24N2O6S. The second-order valence-electron chi connectivity index (χ2n) is 7.43. The van der Waals surface area contributed by atoms with Crippen LogP contribution in [0, 0.1) is 0 Å². The van der Waals surface area contributed by atoms with E-state index in [-0.39, 0.29) is 16.5 Å². The average Bonchev–Trinajstić information content (AvgIpc) is 2.84. The normalized spacial score (nSPS) is 13.6. The third-order valence-electron chi connectivity index (χ3n) is 5.17. The van der Waals surface area contributed by atoms with E-state index in [4.69, 9.17) is 14.2 Å². The summed E-state index contributed by atoms with van der Waals surface area (Å²) in [6.07, 6.45) is 0. The molecule has 0 saturated carbocycles. The van der Waals surface area contributed by atoms with Gasteiger partial charge in [-0.05, 0) is 55.0 Å². The molecule has 0 unspecified atom stereocenters. The first kappa shape index (κ1) is 22.5. The first-order chi connectivity index (χ1) is 15.9. The first-order valence-corrected chi connectivity index (χ1v) is 11.8. The van der Waals surface area contributed by atoms with E-state index >= 15 is 0 Å².